The van der Waals surface area contributed by atoms with Crippen LogP contribution >= 0.6 is 39.3 Å². The zero-order chi connectivity index (χ0) is 9.68. The highest BCUT2D eigenvalue weighted by Gasteiger charge is 2.03. The first-order valence-electron chi connectivity index (χ1n) is 3.65. The van der Waals surface area contributed by atoms with Gasteiger partial charge in [0.2, 0.25) is 5.28 Å². The Hall–Kier alpha value is 0.160. The summed E-state index contributed by atoms with van der Waals surface area (Å²) in [5, 5.41) is 9.64. The quantitative estimate of drug-likeness (QED) is 0.399. The van der Waals surface area contributed by atoms with Gasteiger partial charge in [0.25, 0.3) is 0 Å². The minimum absolute atomic E-state index is 0.198. The Balaban J connectivity index is 2.59. The molecule has 0 aliphatic rings. The number of aromatic nitrogens is 2. The van der Waals surface area contributed by atoms with Crippen LogP contribution in [0.1, 0.15) is 6.42 Å². The van der Waals surface area contributed by atoms with Gasteiger partial charge in [-0.15, -0.1) is 11.8 Å². The van der Waals surface area contributed by atoms with Gasteiger partial charge in [0.05, 0.1) is 4.47 Å². The number of thioether (sulfide) groups is 1. The molecular formula is C7H8BrClN2OS. The minimum Gasteiger partial charge on any atom is -0.396 e. The second-order valence-corrected chi connectivity index (χ2v) is 4.49. The monoisotopic (exact) mass is 282 g/mol. The maximum atomic E-state index is 8.58. The standard InChI is InChI=1S/C7H8BrClN2OS/c8-5-4-10-7(9)11-6(5)13-3-1-2-12/h4,12H,1-3H2. The molecule has 13 heavy (non-hydrogen) atoms. The van der Waals surface area contributed by atoms with Gasteiger partial charge < -0.3 is 5.11 Å². The molecule has 0 atom stereocenters. The van der Waals surface area contributed by atoms with Crippen molar-refractivity contribution in [1.29, 1.82) is 0 Å². The molecule has 0 unspecified atom stereocenters. The van der Waals surface area contributed by atoms with E-state index in [1.165, 1.54) is 0 Å². The highest BCUT2D eigenvalue weighted by molar-refractivity contribution is 9.10. The highest BCUT2D eigenvalue weighted by Crippen LogP contribution is 2.25. The van der Waals surface area contributed by atoms with Crippen molar-refractivity contribution in [3.05, 3.63) is 16.0 Å². The summed E-state index contributed by atoms with van der Waals surface area (Å²) in [5.74, 6) is 0.822. The molecule has 0 radical (unpaired) electrons. The first kappa shape index (κ1) is 11.2. The predicted molar refractivity (Wildman–Crippen MR) is 57.2 cm³/mol. The topological polar surface area (TPSA) is 46.0 Å². The van der Waals surface area contributed by atoms with Gasteiger partial charge in [0.1, 0.15) is 5.03 Å². The molecular weight excluding hydrogens is 276 g/mol. The van der Waals surface area contributed by atoms with Crippen LogP contribution in [0.4, 0.5) is 0 Å². The van der Waals surface area contributed by atoms with Crippen LogP contribution in [0.2, 0.25) is 5.28 Å². The van der Waals surface area contributed by atoms with E-state index >= 15 is 0 Å². The van der Waals surface area contributed by atoms with Crippen molar-refractivity contribution < 1.29 is 5.11 Å². The van der Waals surface area contributed by atoms with Gasteiger partial charge in [-0.05, 0) is 34.0 Å². The van der Waals surface area contributed by atoms with Crippen molar-refractivity contribution in [2.75, 3.05) is 12.4 Å². The first-order chi connectivity index (χ1) is 6.24. The SMILES string of the molecule is OCCCSc1nc(Cl)ncc1Br. The normalized spacial score (nSPS) is 10.4. The lowest BCUT2D eigenvalue weighted by molar-refractivity contribution is 0.296. The molecule has 0 fully saturated rings. The zero-order valence-corrected chi connectivity index (χ0v) is 9.86. The second kappa shape index (κ2) is 5.80. The van der Waals surface area contributed by atoms with Crippen LogP contribution in [0.5, 0.6) is 0 Å². The number of halogens is 2. The Labute approximate surface area is 94.1 Å². The van der Waals surface area contributed by atoms with Crippen LogP contribution in [0, 0.1) is 0 Å². The molecule has 0 aliphatic carbocycles. The largest absolute Gasteiger partial charge is 0.396 e. The van der Waals surface area contributed by atoms with Gasteiger partial charge in [0, 0.05) is 18.6 Å². The summed E-state index contributed by atoms with van der Waals surface area (Å²) in [5.41, 5.74) is 0. The second-order valence-electron chi connectivity index (χ2n) is 2.22. The van der Waals surface area contributed by atoms with Crippen LogP contribution in [0.3, 0.4) is 0 Å². The summed E-state index contributed by atoms with van der Waals surface area (Å²) >= 11 is 10.5. The molecule has 72 valence electrons. The third-order valence-corrected chi connectivity index (χ3v) is 3.33. The lowest BCUT2D eigenvalue weighted by Gasteiger charge is -2.01. The number of hydrogen-bond donors (Lipinski definition) is 1. The molecule has 6 heteroatoms. The third kappa shape index (κ3) is 3.81. The van der Waals surface area contributed by atoms with Crippen molar-refractivity contribution >= 4 is 39.3 Å². The smallest absolute Gasteiger partial charge is 0.223 e. The Bertz CT molecular complexity index is 287. The lowest BCUT2D eigenvalue weighted by Crippen LogP contribution is -1.90. The summed E-state index contributed by atoms with van der Waals surface area (Å²) < 4.78 is 0.833. The molecule has 1 rings (SSSR count). The summed E-state index contributed by atoms with van der Waals surface area (Å²) in [7, 11) is 0. The van der Waals surface area contributed by atoms with Crippen LogP contribution in [0.15, 0.2) is 15.7 Å². The third-order valence-electron chi connectivity index (χ3n) is 1.22. The van der Waals surface area contributed by atoms with Crippen molar-refractivity contribution in [2.45, 2.75) is 11.4 Å². The molecule has 0 aliphatic heterocycles. The van der Waals surface area contributed by atoms with Gasteiger partial charge in [-0.25, -0.2) is 9.97 Å². The molecule has 0 spiro atoms. The number of nitrogens with zero attached hydrogens (tertiary/aromatic N) is 2. The lowest BCUT2D eigenvalue weighted by atomic mass is 10.5. The summed E-state index contributed by atoms with van der Waals surface area (Å²) in [6.07, 6.45) is 2.37. The molecule has 1 N–H and O–H groups in total. The van der Waals surface area contributed by atoms with Crippen LogP contribution in [-0.2, 0) is 0 Å². The highest BCUT2D eigenvalue weighted by atomic mass is 79.9. The molecule has 0 bridgehead atoms. The number of rotatable bonds is 4. The number of hydrogen-bond acceptors (Lipinski definition) is 4. The Morgan fingerprint density at radius 3 is 3.08 bits per heavy atom. The Morgan fingerprint density at radius 2 is 2.38 bits per heavy atom. The van der Waals surface area contributed by atoms with E-state index in [9.17, 15) is 0 Å². The summed E-state index contributed by atoms with van der Waals surface area (Å²) in [6.45, 7) is 0.198. The molecule has 0 saturated heterocycles. The van der Waals surface area contributed by atoms with Crippen LogP contribution in [0.25, 0.3) is 0 Å². The van der Waals surface area contributed by atoms with E-state index in [0.29, 0.717) is 0 Å². The molecule has 1 aromatic heterocycles. The minimum atomic E-state index is 0.198. The molecule has 3 nitrogen and oxygen atoms in total. The van der Waals surface area contributed by atoms with Crippen LogP contribution in [-0.4, -0.2) is 27.4 Å². The van der Waals surface area contributed by atoms with E-state index in [1.54, 1.807) is 18.0 Å². The fourth-order valence-electron chi connectivity index (χ4n) is 0.666. The number of aliphatic hydroxyl groups is 1. The van der Waals surface area contributed by atoms with Gasteiger partial charge in [-0.2, -0.15) is 0 Å². The van der Waals surface area contributed by atoms with E-state index in [2.05, 4.69) is 25.9 Å². The molecule has 1 heterocycles. The van der Waals surface area contributed by atoms with Crippen molar-refractivity contribution in [3.8, 4) is 0 Å². The van der Waals surface area contributed by atoms with E-state index in [1.807, 2.05) is 0 Å². The van der Waals surface area contributed by atoms with Gasteiger partial charge >= 0.3 is 0 Å². The van der Waals surface area contributed by atoms with E-state index in [4.69, 9.17) is 16.7 Å². The van der Waals surface area contributed by atoms with E-state index < -0.39 is 0 Å². The van der Waals surface area contributed by atoms with Crippen molar-refractivity contribution in [2.24, 2.45) is 0 Å². The first-order valence-corrected chi connectivity index (χ1v) is 5.81. The average molecular weight is 284 g/mol. The van der Waals surface area contributed by atoms with Gasteiger partial charge in [-0.1, -0.05) is 0 Å². The molecule has 0 amide bonds. The Kier molecular flexibility index (Phi) is 5.01. The summed E-state index contributed by atoms with van der Waals surface area (Å²) in [6, 6.07) is 0. The number of aliphatic hydroxyl groups excluding tert-OH is 1. The zero-order valence-electron chi connectivity index (χ0n) is 6.70. The van der Waals surface area contributed by atoms with Gasteiger partial charge in [0.15, 0.2) is 0 Å². The average Bonchev–Trinajstić information content (AvgIpc) is 2.11. The Morgan fingerprint density at radius 1 is 1.62 bits per heavy atom. The molecule has 0 aromatic carbocycles. The maximum Gasteiger partial charge on any atom is 0.223 e. The molecule has 0 saturated carbocycles. The van der Waals surface area contributed by atoms with Gasteiger partial charge in [-0.3, -0.25) is 0 Å². The predicted octanol–water partition coefficient (Wildman–Crippen LogP) is 2.37. The fraction of sp³-hybridized carbons (Fsp3) is 0.429. The van der Waals surface area contributed by atoms with Crippen LogP contribution < -0.4 is 0 Å². The summed E-state index contributed by atoms with van der Waals surface area (Å²) in [4.78, 5) is 7.85. The fourth-order valence-corrected chi connectivity index (χ4v) is 2.19. The van der Waals surface area contributed by atoms with Crippen molar-refractivity contribution in [3.63, 3.8) is 0 Å². The van der Waals surface area contributed by atoms with E-state index in [-0.39, 0.29) is 11.9 Å². The van der Waals surface area contributed by atoms with E-state index in [0.717, 1.165) is 21.7 Å². The maximum absolute atomic E-state index is 8.58. The molecule has 1 aromatic rings. The van der Waals surface area contributed by atoms with Crippen molar-refractivity contribution in [1.82, 2.24) is 9.97 Å².